The number of carbonyl (C=O) groups is 1. The first-order chi connectivity index (χ1) is 8.65. The van der Waals surface area contributed by atoms with Gasteiger partial charge in [-0.15, -0.1) is 0 Å². The van der Waals surface area contributed by atoms with Crippen molar-refractivity contribution in [2.45, 2.75) is 19.4 Å². The first-order valence-corrected chi connectivity index (χ1v) is 7.27. The lowest BCUT2D eigenvalue weighted by atomic mass is 10.1. The standard InChI is InChI=1S/C14H18BrNO2/c1-10(12-3-5-13(18-2)6-4-12)16-9-11(8-15)7-14(16)17/h3-6,10-11H,7-9H2,1-2H3/t10-,11?/m0/s1. The van der Waals surface area contributed by atoms with Crippen molar-refractivity contribution in [1.82, 2.24) is 4.90 Å². The van der Waals surface area contributed by atoms with Gasteiger partial charge < -0.3 is 9.64 Å². The Balaban J connectivity index is 2.10. The van der Waals surface area contributed by atoms with Crippen molar-refractivity contribution in [2.75, 3.05) is 19.0 Å². The highest BCUT2D eigenvalue weighted by molar-refractivity contribution is 9.09. The summed E-state index contributed by atoms with van der Waals surface area (Å²) in [4.78, 5) is 13.9. The predicted octanol–water partition coefficient (Wildman–Crippen LogP) is 3.00. The molecule has 0 bridgehead atoms. The maximum Gasteiger partial charge on any atom is 0.223 e. The molecule has 1 fully saturated rings. The molecule has 98 valence electrons. The van der Waals surface area contributed by atoms with Crippen LogP contribution in [0.25, 0.3) is 0 Å². The molecule has 0 saturated carbocycles. The molecule has 0 spiro atoms. The van der Waals surface area contributed by atoms with E-state index in [0.29, 0.717) is 12.3 Å². The molecule has 1 aliphatic heterocycles. The summed E-state index contributed by atoms with van der Waals surface area (Å²) in [6.07, 6.45) is 0.658. The van der Waals surface area contributed by atoms with E-state index in [2.05, 4.69) is 22.9 Å². The van der Waals surface area contributed by atoms with Crippen LogP contribution >= 0.6 is 15.9 Å². The molecule has 3 nitrogen and oxygen atoms in total. The summed E-state index contributed by atoms with van der Waals surface area (Å²) in [5, 5.41) is 0.893. The minimum atomic E-state index is 0.132. The zero-order chi connectivity index (χ0) is 13.1. The van der Waals surface area contributed by atoms with Crippen LogP contribution in [0.5, 0.6) is 5.75 Å². The Hall–Kier alpha value is -1.03. The van der Waals surface area contributed by atoms with Crippen molar-refractivity contribution >= 4 is 21.8 Å². The van der Waals surface area contributed by atoms with Crippen molar-refractivity contribution in [1.29, 1.82) is 0 Å². The Morgan fingerprint density at radius 2 is 2.11 bits per heavy atom. The van der Waals surface area contributed by atoms with E-state index in [1.165, 1.54) is 0 Å². The molecule has 1 aromatic rings. The lowest BCUT2D eigenvalue weighted by Crippen LogP contribution is -2.28. The molecular formula is C14H18BrNO2. The number of hydrogen-bond acceptors (Lipinski definition) is 2. The Morgan fingerprint density at radius 3 is 2.61 bits per heavy atom. The summed E-state index contributed by atoms with van der Waals surface area (Å²) < 4.78 is 5.14. The molecule has 1 amide bonds. The van der Waals surface area contributed by atoms with E-state index in [-0.39, 0.29) is 11.9 Å². The van der Waals surface area contributed by atoms with Gasteiger partial charge in [0.05, 0.1) is 13.2 Å². The number of halogens is 1. The summed E-state index contributed by atoms with van der Waals surface area (Å²) in [5.41, 5.74) is 1.15. The molecule has 2 rings (SSSR count). The van der Waals surface area contributed by atoms with Crippen LogP contribution in [0.3, 0.4) is 0 Å². The van der Waals surface area contributed by atoms with Gasteiger partial charge in [-0.25, -0.2) is 0 Å². The molecule has 0 N–H and O–H groups in total. The zero-order valence-electron chi connectivity index (χ0n) is 10.7. The Morgan fingerprint density at radius 1 is 1.44 bits per heavy atom. The normalized spacial score (nSPS) is 21.2. The number of amides is 1. The number of alkyl halides is 1. The summed E-state index contributed by atoms with van der Waals surface area (Å²) >= 11 is 3.46. The molecule has 1 aromatic carbocycles. The topological polar surface area (TPSA) is 29.5 Å². The van der Waals surface area contributed by atoms with E-state index in [1.807, 2.05) is 29.2 Å². The number of carbonyl (C=O) groups excluding carboxylic acids is 1. The number of nitrogens with zero attached hydrogens (tertiary/aromatic N) is 1. The van der Waals surface area contributed by atoms with Gasteiger partial charge in [0.1, 0.15) is 5.75 Å². The summed E-state index contributed by atoms with van der Waals surface area (Å²) in [6, 6.07) is 8.06. The molecule has 0 radical (unpaired) electrons. The van der Waals surface area contributed by atoms with Gasteiger partial charge >= 0.3 is 0 Å². The summed E-state index contributed by atoms with van der Waals surface area (Å²) in [5.74, 6) is 1.54. The second-order valence-corrected chi connectivity index (χ2v) is 5.37. The maximum atomic E-state index is 12.0. The first-order valence-electron chi connectivity index (χ1n) is 6.15. The fourth-order valence-corrected chi connectivity index (χ4v) is 2.78. The van der Waals surface area contributed by atoms with Crippen LogP contribution in [0.4, 0.5) is 0 Å². The number of methoxy groups -OCH3 is 1. The van der Waals surface area contributed by atoms with Crippen LogP contribution in [0.1, 0.15) is 24.9 Å². The van der Waals surface area contributed by atoms with Crippen LogP contribution < -0.4 is 4.74 Å². The Labute approximate surface area is 116 Å². The predicted molar refractivity (Wildman–Crippen MR) is 75.0 cm³/mol. The smallest absolute Gasteiger partial charge is 0.223 e. The van der Waals surface area contributed by atoms with Crippen LogP contribution in [-0.2, 0) is 4.79 Å². The third-order valence-electron chi connectivity index (χ3n) is 3.52. The number of hydrogen-bond donors (Lipinski definition) is 0. The third kappa shape index (κ3) is 2.69. The summed E-state index contributed by atoms with van der Waals surface area (Å²) in [7, 11) is 1.66. The van der Waals surface area contributed by atoms with Gasteiger partial charge in [-0.05, 0) is 30.5 Å². The monoisotopic (exact) mass is 311 g/mol. The molecule has 1 unspecified atom stereocenters. The average Bonchev–Trinajstić information content (AvgIpc) is 2.79. The molecular weight excluding hydrogens is 294 g/mol. The number of rotatable bonds is 4. The minimum Gasteiger partial charge on any atom is -0.497 e. The van der Waals surface area contributed by atoms with Crippen molar-refractivity contribution in [3.05, 3.63) is 29.8 Å². The molecule has 0 aliphatic carbocycles. The molecule has 2 atom stereocenters. The van der Waals surface area contributed by atoms with Crippen molar-refractivity contribution in [3.8, 4) is 5.75 Å². The molecule has 1 saturated heterocycles. The summed E-state index contributed by atoms with van der Waals surface area (Å²) in [6.45, 7) is 2.92. The first kappa shape index (κ1) is 13.4. The molecule has 4 heteroatoms. The van der Waals surface area contributed by atoms with Gasteiger partial charge in [0.15, 0.2) is 0 Å². The van der Waals surface area contributed by atoms with Gasteiger partial charge in [-0.3, -0.25) is 4.79 Å². The van der Waals surface area contributed by atoms with Crippen LogP contribution in [0, 0.1) is 5.92 Å². The van der Waals surface area contributed by atoms with Crippen molar-refractivity contribution in [2.24, 2.45) is 5.92 Å². The number of ether oxygens (including phenoxy) is 1. The van der Waals surface area contributed by atoms with E-state index < -0.39 is 0 Å². The molecule has 1 aliphatic rings. The van der Waals surface area contributed by atoms with E-state index in [1.54, 1.807) is 7.11 Å². The lowest BCUT2D eigenvalue weighted by Gasteiger charge is -2.25. The van der Waals surface area contributed by atoms with Crippen LogP contribution in [0.15, 0.2) is 24.3 Å². The van der Waals surface area contributed by atoms with Gasteiger partial charge in [0, 0.05) is 18.3 Å². The van der Waals surface area contributed by atoms with Crippen LogP contribution in [0.2, 0.25) is 0 Å². The Bertz CT molecular complexity index is 418. The fourth-order valence-electron chi connectivity index (χ4n) is 2.35. The molecule has 1 heterocycles. The van der Waals surface area contributed by atoms with Crippen LogP contribution in [-0.4, -0.2) is 29.8 Å². The zero-order valence-corrected chi connectivity index (χ0v) is 12.3. The van der Waals surface area contributed by atoms with Crippen molar-refractivity contribution < 1.29 is 9.53 Å². The Kier molecular flexibility index (Phi) is 4.27. The quantitative estimate of drug-likeness (QED) is 0.800. The van der Waals surface area contributed by atoms with E-state index in [9.17, 15) is 4.79 Å². The molecule has 0 aromatic heterocycles. The second kappa shape index (κ2) is 5.74. The van der Waals surface area contributed by atoms with E-state index in [4.69, 9.17) is 4.74 Å². The highest BCUT2D eigenvalue weighted by Crippen LogP contribution is 2.29. The number of likely N-dealkylation sites (tertiary alicyclic amines) is 1. The highest BCUT2D eigenvalue weighted by Gasteiger charge is 2.32. The lowest BCUT2D eigenvalue weighted by molar-refractivity contribution is -0.129. The number of benzene rings is 1. The largest absolute Gasteiger partial charge is 0.497 e. The molecule has 18 heavy (non-hydrogen) atoms. The third-order valence-corrected chi connectivity index (χ3v) is 4.44. The van der Waals surface area contributed by atoms with Gasteiger partial charge in [0.25, 0.3) is 0 Å². The minimum absolute atomic E-state index is 0.132. The second-order valence-electron chi connectivity index (χ2n) is 4.72. The van der Waals surface area contributed by atoms with Crippen molar-refractivity contribution in [3.63, 3.8) is 0 Å². The van der Waals surface area contributed by atoms with Gasteiger partial charge in [-0.1, -0.05) is 28.1 Å². The SMILES string of the molecule is COc1ccc([C@H](C)N2CC(CBr)CC2=O)cc1. The highest BCUT2D eigenvalue weighted by atomic mass is 79.9. The van der Waals surface area contributed by atoms with E-state index in [0.717, 1.165) is 23.2 Å². The maximum absolute atomic E-state index is 12.0. The average molecular weight is 312 g/mol. The van der Waals surface area contributed by atoms with Gasteiger partial charge in [-0.2, -0.15) is 0 Å². The fraction of sp³-hybridized carbons (Fsp3) is 0.500. The van der Waals surface area contributed by atoms with E-state index >= 15 is 0 Å². The van der Waals surface area contributed by atoms with Gasteiger partial charge in [0.2, 0.25) is 5.91 Å².